The molecule has 2 heteroatoms. The molecule has 1 aliphatic heterocycles. The van der Waals surface area contributed by atoms with Crippen molar-refractivity contribution in [2.45, 2.75) is 59.8 Å². The van der Waals surface area contributed by atoms with Gasteiger partial charge >= 0.3 is 0 Å². The summed E-state index contributed by atoms with van der Waals surface area (Å²) in [5.74, 6) is 0.838. The third-order valence-corrected chi connectivity index (χ3v) is 4.72. The molecule has 0 radical (unpaired) electrons. The second-order valence-electron chi connectivity index (χ2n) is 6.34. The van der Waals surface area contributed by atoms with Crippen LogP contribution in [-0.4, -0.2) is 37.6 Å². The van der Waals surface area contributed by atoms with Crippen LogP contribution < -0.4 is 5.32 Å². The van der Waals surface area contributed by atoms with Crippen LogP contribution >= 0.6 is 0 Å². The van der Waals surface area contributed by atoms with Crippen molar-refractivity contribution in [1.29, 1.82) is 0 Å². The molecular formula is C16H34N2. The second-order valence-corrected chi connectivity index (χ2v) is 6.34. The van der Waals surface area contributed by atoms with Gasteiger partial charge in [-0.2, -0.15) is 0 Å². The van der Waals surface area contributed by atoms with Gasteiger partial charge in [-0.05, 0) is 50.2 Å². The molecular weight excluding hydrogens is 220 g/mol. The van der Waals surface area contributed by atoms with E-state index in [9.17, 15) is 0 Å². The third kappa shape index (κ3) is 4.89. The minimum atomic E-state index is 0.601. The first-order valence-corrected chi connectivity index (χ1v) is 8.09. The fourth-order valence-corrected chi connectivity index (χ4v) is 3.32. The fourth-order valence-electron chi connectivity index (χ4n) is 3.32. The van der Waals surface area contributed by atoms with Crippen LogP contribution in [0.4, 0.5) is 0 Å². The number of nitrogens with one attached hydrogen (secondary N) is 1. The quantitative estimate of drug-likeness (QED) is 0.713. The molecule has 1 fully saturated rings. The second kappa shape index (κ2) is 8.16. The van der Waals surface area contributed by atoms with E-state index in [0.29, 0.717) is 5.41 Å². The van der Waals surface area contributed by atoms with E-state index in [0.717, 1.165) is 5.92 Å². The predicted molar refractivity (Wildman–Crippen MR) is 81.0 cm³/mol. The van der Waals surface area contributed by atoms with Gasteiger partial charge in [0.05, 0.1) is 0 Å². The molecule has 1 atom stereocenters. The Balaban J connectivity index is 2.56. The van der Waals surface area contributed by atoms with Gasteiger partial charge in [-0.3, -0.25) is 0 Å². The topological polar surface area (TPSA) is 15.3 Å². The molecule has 1 rings (SSSR count). The molecule has 0 amide bonds. The molecule has 1 saturated heterocycles. The lowest BCUT2D eigenvalue weighted by Crippen LogP contribution is -2.45. The monoisotopic (exact) mass is 254 g/mol. The van der Waals surface area contributed by atoms with Crippen molar-refractivity contribution in [3.8, 4) is 0 Å². The first kappa shape index (κ1) is 16.0. The van der Waals surface area contributed by atoms with Crippen LogP contribution in [0.15, 0.2) is 0 Å². The summed E-state index contributed by atoms with van der Waals surface area (Å²) in [6, 6.07) is 0. The average molecular weight is 254 g/mol. The summed E-state index contributed by atoms with van der Waals surface area (Å²) < 4.78 is 0. The number of hydrogen-bond acceptors (Lipinski definition) is 2. The van der Waals surface area contributed by atoms with Crippen molar-refractivity contribution in [3.05, 3.63) is 0 Å². The van der Waals surface area contributed by atoms with E-state index in [-0.39, 0.29) is 0 Å². The van der Waals surface area contributed by atoms with Gasteiger partial charge in [-0.1, -0.05) is 40.5 Å². The lowest BCUT2D eigenvalue weighted by Gasteiger charge is -2.42. The van der Waals surface area contributed by atoms with E-state index in [4.69, 9.17) is 0 Å². The van der Waals surface area contributed by atoms with Gasteiger partial charge in [0.15, 0.2) is 0 Å². The summed E-state index contributed by atoms with van der Waals surface area (Å²) in [6.45, 7) is 15.6. The van der Waals surface area contributed by atoms with Gasteiger partial charge in [-0.15, -0.1) is 0 Å². The zero-order valence-electron chi connectivity index (χ0n) is 13.1. The molecule has 0 aliphatic carbocycles. The normalized spacial score (nSPS) is 21.2. The summed E-state index contributed by atoms with van der Waals surface area (Å²) >= 11 is 0. The largest absolute Gasteiger partial charge is 0.317 e. The predicted octanol–water partition coefficient (Wildman–Crippen LogP) is 3.52. The molecule has 1 unspecified atom stereocenters. The van der Waals surface area contributed by atoms with E-state index in [2.05, 4.69) is 37.9 Å². The molecule has 18 heavy (non-hydrogen) atoms. The van der Waals surface area contributed by atoms with E-state index in [1.54, 1.807) is 0 Å². The van der Waals surface area contributed by atoms with Gasteiger partial charge in [0.2, 0.25) is 0 Å². The van der Waals surface area contributed by atoms with Gasteiger partial charge in [-0.25, -0.2) is 0 Å². The molecule has 1 heterocycles. The smallest absolute Gasteiger partial charge is 0.00389 e. The summed E-state index contributed by atoms with van der Waals surface area (Å²) in [7, 11) is 0. The Morgan fingerprint density at radius 1 is 1.17 bits per heavy atom. The highest BCUT2D eigenvalue weighted by molar-refractivity contribution is 4.87. The molecule has 1 aliphatic rings. The summed E-state index contributed by atoms with van der Waals surface area (Å²) in [5, 5.41) is 3.52. The van der Waals surface area contributed by atoms with E-state index in [1.165, 1.54) is 64.8 Å². The van der Waals surface area contributed by atoms with Crippen molar-refractivity contribution in [1.82, 2.24) is 10.2 Å². The highest BCUT2D eigenvalue weighted by Gasteiger charge is 2.32. The Kier molecular flexibility index (Phi) is 7.25. The molecule has 2 nitrogen and oxygen atoms in total. The molecule has 0 aromatic heterocycles. The SMILES string of the molecule is CCCC1(CN(CC)CC(C)CC)CCNCC1. The van der Waals surface area contributed by atoms with E-state index < -0.39 is 0 Å². The maximum Gasteiger partial charge on any atom is 0.00389 e. The number of piperidine rings is 1. The van der Waals surface area contributed by atoms with Crippen LogP contribution in [0, 0.1) is 11.3 Å². The maximum atomic E-state index is 3.52. The number of nitrogens with zero attached hydrogens (tertiary/aromatic N) is 1. The Morgan fingerprint density at radius 2 is 1.83 bits per heavy atom. The maximum absolute atomic E-state index is 3.52. The fraction of sp³-hybridized carbons (Fsp3) is 1.00. The van der Waals surface area contributed by atoms with Crippen LogP contribution in [0.25, 0.3) is 0 Å². The summed E-state index contributed by atoms with van der Waals surface area (Å²) in [5.41, 5.74) is 0.601. The number of rotatable bonds is 8. The molecule has 0 aromatic rings. The highest BCUT2D eigenvalue weighted by atomic mass is 15.1. The van der Waals surface area contributed by atoms with Gasteiger partial charge in [0.25, 0.3) is 0 Å². The van der Waals surface area contributed by atoms with Gasteiger partial charge < -0.3 is 10.2 Å². The van der Waals surface area contributed by atoms with Crippen LogP contribution in [0.2, 0.25) is 0 Å². The van der Waals surface area contributed by atoms with Crippen LogP contribution in [0.5, 0.6) is 0 Å². The van der Waals surface area contributed by atoms with Crippen molar-refractivity contribution >= 4 is 0 Å². The molecule has 0 spiro atoms. The van der Waals surface area contributed by atoms with E-state index in [1.807, 2.05) is 0 Å². The third-order valence-electron chi connectivity index (χ3n) is 4.72. The van der Waals surface area contributed by atoms with Gasteiger partial charge in [0, 0.05) is 13.1 Å². The molecule has 0 saturated carbocycles. The van der Waals surface area contributed by atoms with Crippen molar-refractivity contribution in [2.24, 2.45) is 11.3 Å². The minimum Gasteiger partial charge on any atom is -0.317 e. The Labute approximate surface area is 115 Å². The van der Waals surface area contributed by atoms with Crippen LogP contribution in [-0.2, 0) is 0 Å². The lowest BCUT2D eigenvalue weighted by molar-refractivity contribution is 0.0945. The van der Waals surface area contributed by atoms with Crippen molar-refractivity contribution in [2.75, 3.05) is 32.7 Å². The average Bonchev–Trinajstić information content (AvgIpc) is 2.39. The number of hydrogen-bond donors (Lipinski definition) is 1. The summed E-state index contributed by atoms with van der Waals surface area (Å²) in [4.78, 5) is 2.70. The van der Waals surface area contributed by atoms with Crippen molar-refractivity contribution in [3.63, 3.8) is 0 Å². The van der Waals surface area contributed by atoms with Crippen molar-refractivity contribution < 1.29 is 0 Å². The zero-order chi connectivity index (χ0) is 13.4. The molecule has 0 bridgehead atoms. The lowest BCUT2D eigenvalue weighted by atomic mass is 9.75. The highest BCUT2D eigenvalue weighted by Crippen LogP contribution is 2.35. The van der Waals surface area contributed by atoms with Crippen LogP contribution in [0.3, 0.4) is 0 Å². The Hall–Kier alpha value is -0.0800. The standard InChI is InChI=1S/C16H34N2/c1-5-8-16(9-11-17-12-10-16)14-18(7-3)13-15(4)6-2/h15,17H,5-14H2,1-4H3. The first-order chi connectivity index (χ1) is 8.65. The molecule has 1 N–H and O–H groups in total. The molecule has 108 valence electrons. The zero-order valence-corrected chi connectivity index (χ0v) is 13.1. The van der Waals surface area contributed by atoms with Gasteiger partial charge in [0.1, 0.15) is 0 Å². The Morgan fingerprint density at radius 3 is 2.33 bits per heavy atom. The Bertz CT molecular complexity index is 204. The summed E-state index contributed by atoms with van der Waals surface area (Å²) in [6.07, 6.45) is 6.79. The minimum absolute atomic E-state index is 0.601. The van der Waals surface area contributed by atoms with Crippen LogP contribution in [0.1, 0.15) is 59.8 Å². The van der Waals surface area contributed by atoms with E-state index >= 15 is 0 Å². The first-order valence-electron chi connectivity index (χ1n) is 8.09. The molecule has 0 aromatic carbocycles.